The molecule has 1 heterocycles. The van der Waals surface area contributed by atoms with Gasteiger partial charge in [0.05, 0.1) is 11.3 Å². The number of aliphatic imine (C=N–C) groups is 1. The number of nitrogens with one attached hydrogen (secondary N) is 2. The van der Waals surface area contributed by atoms with Crippen molar-refractivity contribution >= 4 is 5.96 Å². The maximum Gasteiger partial charge on any atom is 0.191 e. The summed E-state index contributed by atoms with van der Waals surface area (Å²) in [6, 6.07) is 2.10. The number of methoxy groups -OCH3 is 1. The van der Waals surface area contributed by atoms with Gasteiger partial charge < -0.3 is 15.4 Å². The van der Waals surface area contributed by atoms with Crippen molar-refractivity contribution in [3.05, 3.63) is 17.5 Å². The van der Waals surface area contributed by atoms with Gasteiger partial charge in [-0.15, -0.1) is 0 Å². The number of aromatic nitrogens is 2. The van der Waals surface area contributed by atoms with Crippen LogP contribution in [-0.2, 0) is 11.3 Å². The van der Waals surface area contributed by atoms with Crippen molar-refractivity contribution in [2.24, 2.45) is 4.99 Å². The minimum Gasteiger partial charge on any atom is -0.377 e. The number of hydrogen-bond acceptors (Lipinski definition) is 3. The number of aryl methyl sites for hydroxylation is 3. The molecular weight excluding hydrogens is 266 g/mol. The first-order chi connectivity index (χ1) is 9.88. The van der Waals surface area contributed by atoms with Crippen LogP contribution in [0.2, 0.25) is 0 Å². The summed E-state index contributed by atoms with van der Waals surface area (Å²) in [6.45, 7) is 10.7. The second-order valence-corrected chi connectivity index (χ2v) is 5.82. The van der Waals surface area contributed by atoms with Crippen molar-refractivity contribution in [2.45, 2.75) is 46.3 Å². The number of hydrogen-bond donors (Lipinski definition) is 2. The molecule has 21 heavy (non-hydrogen) atoms. The van der Waals surface area contributed by atoms with E-state index in [4.69, 9.17) is 4.74 Å². The highest BCUT2D eigenvalue weighted by molar-refractivity contribution is 5.79. The lowest BCUT2D eigenvalue weighted by molar-refractivity contribution is 0.0268. The number of nitrogens with zero attached hydrogens (tertiary/aromatic N) is 3. The van der Waals surface area contributed by atoms with E-state index in [-0.39, 0.29) is 5.60 Å². The zero-order valence-corrected chi connectivity index (χ0v) is 14.2. The predicted molar refractivity (Wildman–Crippen MR) is 86.8 cm³/mol. The zero-order valence-electron chi connectivity index (χ0n) is 14.2. The Bertz CT molecular complexity index is 465. The van der Waals surface area contributed by atoms with E-state index in [9.17, 15) is 0 Å². The lowest BCUT2D eigenvalue weighted by Crippen LogP contribution is -2.45. The molecule has 0 aromatic carbocycles. The Labute approximate surface area is 128 Å². The third-order valence-corrected chi connectivity index (χ3v) is 3.40. The van der Waals surface area contributed by atoms with Crippen LogP contribution in [0.1, 0.15) is 31.7 Å². The second-order valence-electron chi connectivity index (χ2n) is 5.82. The van der Waals surface area contributed by atoms with E-state index in [2.05, 4.69) is 33.7 Å². The van der Waals surface area contributed by atoms with Crippen LogP contribution in [0.4, 0.5) is 0 Å². The van der Waals surface area contributed by atoms with Crippen LogP contribution in [0.25, 0.3) is 0 Å². The van der Waals surface area contributed by atoms with E-state index in [1.54, 1.807) is 14.2 Å². The molecule has 0 amide bonds. The third-order valence-electron chi connectivity index (χ3n) is 3.40. The second kappa shape index (κ2) is 8.02. The molecule has 0 aliphatic heterocycles. The van der Waals surface area contributed by atoms with E-state index < -0.39 is 0 Å². The van der Waals surface area contributed by atoms with Crippen molar-refractivity contribution in [2.75, 3.05) is 27.2 Å². The summed E-state index contributed by atoms with van der Waals surface area (Å²) in [6.07, 6.45) is 0.996. The molecule has 0 atom stereocenters. The molecule has 6 heteroatoms. The van der Waals surface area contributed by atoms with Gasteiger partial charge in [-0.05, 0) is 40.2 Å². The monoisotopic (exact) mass is 295 g/mol. The van der Waals surface area contributed by atoms with Gasteiger partial charge in [0.1, 0.15) is 0 Å². The summed E-state index contributed by atoms with van der Waals surface area (Å²) < 4.78 is 7.42. The van der Waals surface area contributed by atoms with Crippen LogP contribution in [0.15, 0.2) is 11.1 Å². The Morgan fingerprint density at radius 3 is 2.62 bits per heavy atom. The van der Waals surface area contributed by atoms with Crippen LogP contribution in [0, 0.1) is 13.8 Å². The molecule has 0 saturated carbocycles. The van der Waals surface area contributed by atoms with Crippen molar-refractivity contribution in [3.63, 3.8) is 0 Å². The first-order valence-corrected chi connectivity index (χ1v) is 7.38. The van der Waals surface area contributed by atoms with Crippen LogP contribution < -0.4 is 10.6 Å². The minimum absolute atomic E-state index is 0.207. The highest BCUT2D eigenvalue weighted by Gasteiger charge is 2.16. The van der Waals surface area contributed by atoms with Gasteiger partial charge in [0.2, 0.25) is 0 Å². The normalized spacial score (nSPS) is 12.6. The molecule has 0 unspecified atom stereocenters. The molecule has 1 aromatic rings. The first kappa shape index (κ1) is 17.5. The predicted octanol–water partition coefficient (Wildman–Crippen LogP) is 1.48. The van der Waals surface area contributed by atoms with E-state index in [1.807, 2.05) is 25.5 Å². The van der Waals surface area contributed by atoms with Gasteiger partial charge in [-0.3, -0.25) is 9.67 Å². The molecule has 1 aromatic heterocycles. The average Bonchev–Trinajstić information content (AvgIpc) is 2.76. The fourth-order valence-electron chi connectivity index (χ4n) is 1.93. The van der Waals surface area contributed by atoms with Gasteiger partial charge in [0.25, 0.3) is 0 Å². The molecule has 2 N–H and O–H groups in total. The first-order valence-electron chi connectivity index (χ1n) is 7.38. The van der Waals surface area contributed by atoms with Crippen LogP contribution >= 0.6 is 0 Å². The minimum atomic E-state index is -0.207. The molecule has 120 valence electrons. The Balaban J connectivity index is 2.28. The molecule has 0 saturated heterocycles. The van der Waals surface area contributed by atoms with Crippen molar-refractivity contribution < 1.29 is 4.74 Å². The summed E-state index contributed by atoms with van der Waals surface area (Å²) in [4.78, 5) is 4.21. The molecule has 6 nitrogen and oxygen atoms in total. The van der Waals surface area contributed by atoms with Gasteiger partial charge in [-0.25, -0.2) is 0 Å². The largest absolute Gasteiger partial charge is 0.377 e. The summed E-state index contributed by atoms with van der Waals surface area (Å²) in [5.41, 5.74) is 2.07. The highest BCUT2D eigenvalue weighted by Crippen LogP contribution is 2.04. The number of ether oxygens (including phenoxy) is 1. The summed E-state index contributed by atoms with van der Waals surface area (Å²) >= 11 is 0. The average molecular weight is 295 g/mol. The van der Waals surface area contributed by atoms with Crippen molar-refractivity contribution in [1.29, 1.82) is 0 Å². The zero-order chi connectivity index (χ0) is 15.9. The molecule has 0 spiro atoms. The van der Waals surface area contributed by atoms with Gasteiger partial charge in [0.15, 0.2) is 5.96 Å². The van der Waals surface area contributed by atoms with E-state index in [0.29, 0.717) is 6.54 Å². The quantitative estimate of drug-likeness (QED) is 0.454. The number of rotatable bonds is 7. The van der Waals surface area contributed by atoms with Gasteiger partial charge in [-0.2, -0.15) is 5.10 Å². The maximum absolute atomic E-state index is 5.37. The Kier molecular flexibility index (Phi) is 6.68. The standard InChI is InChI=1S/C15H29N5O/c1-12-10-13(2)20(19-12)9-7-8-17-14(16-5)18-11-15(3,4)21-6/h10H,7-9,11H2,1-6H3,(H2,16,17,18). The van der Waals surface area contributed by atoms with Crippen molar-refractivity contribution in [3.8, 4) is 0 Å². The maximum atomic E-state index is 5.37. The van der Waals surface area contributed by atoms with E-state index in [0.717, 1.165) is 31.2 Å². The van der Waals surface area contributed by atoms with Crippen LogP contribution in [-0.4, -0.2) is 48.6 Å². The van der Waals surface area contributed by atoms with Gasteiger partial charge in [-0.1, -0.05) is 0 Å². The summed E-state index contributed by atoms with van der Waals surface area (Å²) in [5.74, 6) is 0.800. The summed E-state index contributed by atoms with van der Waals surface area (Å²) in [5, 5.41) is 11.0. The fraction of sp³-hybridized carbons (Fsp3) is 0.733. The Morgan fingerprint density at radius 1 is 1.38 bits per heavy atom. The van der Waals surface area contributed by atoms with E-state index >= 15 is 0 Å². The topological polar surface area (TPSA) is 63.5 Å². The highest BCUT2D eigenvalue weighted by atomic mass is 16.5. The lowest BCUT2D eigenvalue weighted by Gasteiger charge is -2.24. The van der Waals surface area contributed by atoms with Crippen LogP contribution in [0.5, 0.6) is 0 Å². The Morgan fingerprint density at radius 2 is 2.10 bits per heavy atom. The molecular formula is C15H29N5O. The van der Waals surface area contributed by atoms with E-state index in [1.165, 1.54) is 5.69 Å². The number of guanidine groups is 1. The van der Waals surface area contributed by atoms with Crippen LogP contribution in [0.3, 0.4) is 0 Å². The molecule has 0 aliphatic rings. The molecule has 0 bridgehead atoms. The SMILES string of the molecule is CN=C(NCCCn1nc(C)cc1C)NCC(C)(C)OC. The fourth-order valence-corrected chi connectivity index (χ4v) is 1.93. The van der Waals surface area contributed by atoms with Crippen molar-refractivity contribution in [1.82, 2.24) is 20.4 Å². The van der Waals surface area contributed by atoms with Gasteiger partial charge >= 0.3 is 0 Å². The third kappa shape index (κ3) is 6.16. The Hall–Kier alpha value is -1.56. The molecule has 0 radical (unpaired) electrons. The molecule has 0 aliphatic carbocycles. The molecule has 0 fully saturated rings. The molecule has 1 rings (SSSR count). The van der Waals surface area contributed by atoms with Gasteiger partial charge in [0, 0.05) is 39.5 Å². The smallest absolute Gasteiger partial charge is 0.191 e. The lowest BCUT2D eigenvalue weighted by atomic mass is 10.1. The summed E-state index contributed by atoms with van der Waals surface area (Å²) in [7, 11) is 3.49.